The Hall–Kier alpha value is -3.39. The normalized spacial score (nSPS) is 13.8. The number of hydrogen-bond acceptors (Lipinski definition) is 6. The van der Waals surface area contributed by atoms with Gasteiger partial charge in [0.1, 0.15) is 18.4 Å². The molecule has 1 amide bonds. The molecule has 3 aromatic rings. The lowest BCUT2D eigenvalue weighted by Gasteiger charge is -2.18. The Bertz CT molecular complexity index is 1130. The first-order chi connectivity index (χ1) is 14.4. The fourth-order valence-corrected chi connectivity index (χ4v) is 3.60. The molecule has 4 rings (SSSR count). The van der Waals surface area contributed by atoms with Crippen molar-refractivity contribution in [2.45, 2.75) is 26.1 Å². The summed E-state index contributed by atoms with van der Waals surface area (Å²) in [4.78, 5) is 24.0. The van der Waals surface area contributed by atoms with Gasteiger partial charge in [0.05, 0.1) is 17.8 Å². The molecule has 0 saturated heterocycles. The fourth-order valence-electron chi connectivity index (χ4n) is 3.31. The number of nitrogens with one attached hydrogen (secondary N) is 1. The highest BCUT2D eigenvalue weighted by Crippen LogP contribution is 2.30. The van der Waals surface area contributed by atoms with Crippen LogP contribution in [0.25, 0.3) is 11.3 Å². The molecule has 1 atom stereocenters. The van der Waals surface area contributed by atoms with Crippen molar-refractivity contribution in [2.24, 2.45) is 7.05 Å². The van der Waals surface area contributed by atoms with Gasteiger partial charge in [0.25, 0.3) is 0 Å². The predicted molar refractivity (Wildman–Crippen MR) is 110 cm³/mol. The number of carbonyl (C=O) groups is 2. The van der Waals surface area contributed by atoms with Gasteiger partial charge < -0.3 is 9.47 Å². The molecule has 0 saturated carbocycles. The molecular weight excluding hydrogens is 408 g/mol. The van der Waals surface area contributed by atoms with Crippen LogP contribution >= 0.6 is 11.6 Å². The minimum Gasteiger partial charge on any atom is -0.457 e. The number of cyclic esters (lactones) is 1. The average molecular weight is 427 g/mol. The van der Waals surface area contributed by atoms with Gasteiger partial charge >= 0.3 is 12.1 Å². The molecule has 30 heavy (non-hydrogen) atoms. The van der Waals surface area contributed by atoms with Gasteiger partial charge in [0.15, 0.2) is 0 Å². The van der Waals surface area contributed by atoms with Gasteiger partial charge in [-0.05, 0) is 25.1 Å². The molecule has 2 heterocycles. The van der Waals surface area contributed by atoms with Gasteiger partial charge in [-0.25, -0.2) is 4.79 Å². The van der Waals surface area contributed by atoms with Crippen molar-refractivity contribution in [1.29, 1.82) is 0 Å². The van der Waals surface area contributed by atoms with Gasteiger partial charge in [-0.2, -0.15) is 0 Å². The number of aryl methyl sites for hydroxylation is 1. The highest BCUT2D eigenvalue weighted by atomic mass is 35.5. The molecule has 1 aromatic heterocycles. The van der Waals surface area contributed by atoms with Crippen LogP contribution in [0.4, 0.5) is 10.5 Å². The highest BCUT2D eigenvalue weighted by molar-refractivity contribution is 6.31. The second-order valence-electron chi connectivity index (χ2n) is 6.91. The Kier molecular flexibility index (Phi) is 5.41. The van der Waals surface area contributed by atoms with Crippen LogP contribution in [0.5, 0.6) is 0 Å². The van der Waals surface area contributed by atoms with Crippen molar-refractivity contribution in [2.75, 3.05) is 5.32 Å². The number of fused-ring (bicyclic) bond motifs is 1. The Balaban J connectivity index is 1.54. The smallest absolute Gasteiger partial charge is 0.411 e. The molecule has 1 aliphatic rings. The number of esters is 1. The quantitative estimate of drug-likeness (QED) is 0.618. The third kappa shape index (κ3) is 3.99. The van der Waals surface area contributed by atoms with Crippen molar-refractivity contribution in [3.05, 3.63) is 64.3 Å². The lowest BCUT2D eigenvalue weighted by molar-refractivity contribution is -0.147. The summed E-state index contributed by atoms with van der Waals surface area (Å²) < 4.78 is 12.1. The number of nitrogens with zero attached hydrogens (tertiary/aromatic N) is 3. The van der Waals surface area contributed by atoms with Crippen LogP contribution in [0.15, 0.2) is 42.5 Å². The predicted octanol–water partition coefficient (Wildman–Crippen LogP) is 4.04. The zero-order valence-electron chi connectivity index (χ0n) is 16.4. The van der Waals surface area contributed by atoms with E-state index in [-0.39, 0.29) is 13.0 Å². The van der Waals surface area contributed by atoms with Gasteiger partial charge in [-0.1, -0.05) is 41.1 Å². The molecule has 8 nitrogen and oxygen atoms in total. The molecule has 0 radical (unpaired) electrons. The van der Waals surface area contributed by atoms with Crippen molar-refractivity contribution in [3.8, 4) is 11.3 Å². The Labute approximate surface area is 177 Å². The van der Waals surface area contributed by atoms with Gasteiger partial charge in [-0.15, -0.1) is 5.10 Å². The van der Waals surface area contributed by atoms with E-state index in [0.717, 1.165) is 16.7 Å². The summed E-state index contributed by atoms with van der Waals surface area (Å²) in [7, 11) is 1.72. The van der Waals surface area contributed by atoms with Crippen LogP contribution in [0, 0.1) is 0 Å². The van der Waals surface area contributed by atoms with E-state index < -0.39 is 18.2 Å². The summed E-state index contributed by atoms with van der Waals surface area (Å²) in [6, 6.07) is 12.7. The number of anilines is 1. The van der Waals surface area contributed by atoms with Crippen molar-refractivity contribution in [1.82, 2.24) is 15.0 Å². The van der Waals surface area contributed by atoms with Crippen molar-refractivity contribution >= 4 is 29.4 Å². The van der Waals surface area contributed by atoms with E-state index in [0.29, 0.717) is 22.1 Å². The largest absolute Gasteiger partial charge is 0.457 e. The van der Waals surface area contributed by atoms with E-state index in [1.807, 2.05) is 30.3 Å². The zero-order chi connectivity index (χ0) is 21.3. The van der Waals surface area contributed by atoms with Crippen LogP contribution in [0.1, 0.15) is 29.8 Å². The minimum absolute atomic E-state index is 0.00204. The lowest BCUT2D eigenvalue weighted by atomic mass is 10.0. The molecule has 2 aromatic carbocycles. The zero-order valence-corrected chi connectivity index (χ0v) is 17.1. The number of aromatic nitrogens is 3. The van der Waals surface area contributed by atoms with E-state index in [2.05, 4.69) is 15.6 Å². The summed E-state index contributed by atoms with van der Waals surface area (Å²) >= 11 is 6.19. The molecule has 1 aliphatic heterocycles. The number of ether oxygens (including phenoxy) is 2. The van der Waals surface area contributed by atoms with Crippen molar-refractivity contribution < 1.29 is 19.1 Å². The number of hydrogen-bond donors (Lipinski definition) is 1. The van der Waals surface area contributed by atoms with E-state index in [1.54, 1.807) is 30.8 Å². The topological polar surface area (TPSA) is 95.3 Å². The fraction of sp³-hybridized carbons (Fsp3) is 0.238. The summed E-state index contributed by atoms with van der Waals surface area (Å²) in [5, 5.41) is 11.5. The molecular formula is C21H19ClN4O4. The molecule has 0 bridgehead atoms. The Morgan fingerprint density at radius 3 is 2.93 bits per heavy atom. The Morgan fingerprint density at radius 2 is 2.13 bits per heavy atom. The number of amides is 1. The second kappa shape index (κ2) is 8.16. The van der Waals surface area contributed by atoms with Crippen LogP contribution in [0.3, 0.4) is 0 Å². The number of rotatable bonds is 5. The first-order valence-electron chi connectivity index (χ1n) is 9.32. The molecule has 0 unspecified atom stereocenters. The number of carbonyl (C=O) groups excluding carboxylic acids is 2. The highest BCUT2D eigenvalue weighted by Gasteiger charge is 2.22. The maximum atomic E-state index is 12.6. The molecule has 0 fully saturated rings. The molecule has 9 heteroatoms. The number of benzene rings is 2. The van der Waals surface area contributed by atoms with Crippen molar-refractivity contribution in [3.63, 3.8) is 0 Å². The van der Waals surface area contributed by atoms with Gasteiger partial charge in [0, 0.05) is 28.8 Å². The second-order valence-corrected chi connectivity index (χ2v) is 7.32. The van der Waals surface area contributed by atoms with Crippen LogP contribution in [-0.4, -0.2) is 27.1 Å². The standard InChI is InChI=1S/C21H19ClN4O4/c1-12(15-5-3-4-6-16(15)22)30-19(27)10-18-20(24-25-26(18)2)13-7-8-17-14(9-13)11-29-21(28)23-17/h3-9,12H,10-11H2,1-2H3,(H,23,28)/t12-/m1/s1. The minimum atomic E-state index is -0.486. The van der Waals surface area contributed by atoms with Gasteiger partial charge in [0.2, 0.25) is 0 Å². The van der Waals surface area contributed by atoms with Crippen LogP contribution < -0.4 is 5.32 Å². The third-order valence-corrected chi connectivity index (χ3v) is 5.22. The van der Waals surface area contributed by atoms with Crippen LogP contribution in [0.2, 0.25) is 5.02 Å². The first kappa shape index (κ1) is 19.9. The molecule has 154 valence electrons. The first-order valence-corrected chi connectivity index (χ1v) is 9.69. The summed E-state index contributed by atoms with van der Waals surface area (Å²) in [5.41, 5.74) is 4.20. The third-order valence-electron chi connectivity index (χ3n) is 4.88. The van der Waals surface area contributed by atoms with E-state index in [9.17, 15) is 9.59 Å². The summed E-state index contributed by atoms with van der Waals surface area (Å²) in [6.45, 7) is 1.95. The van der Waals surface area contributed by atoms with E-state index >= 15 is 0 Å². The average Bonchev–Trinajstić information content (AvgIpc) is 3.08. The molecule has 0 spiro atoms. The summed E-state index contributed by atoms with van der Waals surface area (Å²) in [6.07, 6.45) is -0.969. The monoisotopic (exact) mass is 426 g/mol. The maximum Gasteiger partial charge on any atom is 0.411 e. The van der Waals surface area contributed by atoms with E-state index in [1.165, 1.54) is 0 Å². The lowest BCUT2D eigenvalue weighted by Crippen LogP contribution is -2.20. The van der Waals surface area contributed by atoms with Crippen LogP contribution in [-0.2, 0) is 34.3 Å². The Morgan fingerprint density at radius 1 is 1.33 bits per heavy atom. The van der Waals surface area contributed by atoms with E-state index in [4.69, 9.17) is 21.1 Å². The SMILES string of the molecule is C[C@@H](OC(=O)Cc1c(-c2ccc3c(c2)COC(=O)N3)nnn1C)c1ccccc1Cl. The maximum absolute atomic E-state index is 12.6. The molecule has 1 N–H and O–H groups in total. The molecule has 0 aliphatic carbocycles. The van der Waals surface area contributed by atoms with Gasteiger partial charge in [-0.3, -0.25) is 14.8 Å². The summed E-state index contributed by atoms with van der Waals surface area (Å²) in [5.74, 6) is -0.414. The number of halogens is 1.